The normalized spacial score (nSPS) is 27.5. The number of methoxy groups -OCH3 is 1. The fourth-order valence-electron chi connectivity index (χ4n) is 4.67. The van der Waals surface area contributed by atoms with Crippen molar-refractivity contribution in [2.45, 2.75) is 55.1 Å². The zero-order valence-electron chi connectivity index (χ0n) is 21.1. The molecule has 2 fully saturated rings. The number of sulfone groups is 1. The van der Waals surface area contributed by atoms with Crippen LogP contribution in [0.3, 0.4) is 0 Å². The average Bonchev–Trinajstić information content (AvgIpc) is 2.96. The highest BCUT2D eigenvalue weighted by Crippen LogP contribution is 2.34. The third-order valence-electron chi connectivity index (χ3n) is 6.61. The van der Waals surface area contributed by atoms with E-state index < -0.39 is 46.8 Å². The largest absolute Gasteiger partial charge is 0.368 e. The molecule has 0 amide bonds. The summed E-state index contributed by atoms with van der Waals surface area (Å²) in [6, 6.07) is 27.9. The van der Waals surface area contributed by atoms with Crippen molar-refractivity contribution in [2.24, 2.45) is 0 Å². The van der Waals surface area contributed by atoms with Crippen molar-refractivity contribution in [1.82, 2.24) is 0 Å². The fraction of sp³-hybridized carbons (Fsp3) is 0.379. The van der Waals surface area contributed by atoms with Crippen molar-refractivity contribution >= 4 is 9.84 Å². The van der Waals surface area contributed by atoms with Crippen molar-refractivity contribution in [3.8, 4) is 0 Å². The number of hydrogen-bond donors (Lipinski definition) is 0. The predicted molar refractivity (Wildman–Crippen MR) is 139 cm³/mol. The van der Waals surface area contributed by atoms with E-state index in [0.29, 0.717) is 13.2 Å². The van der Waals surface area contributed by atoms with Crippen LogP contribution in [0.5, 0.6) is 0 Å². The maximum atomic E-state index is 13.0. The van der Waals surface area contributed by atoms with E-state index in [0.717, 1.165) is 11.1 Å². The highest BCUT2D eigenvalue weighted by molar-refractivity contribution is 7.91. The lowest BCUT2D eigenvalue weighted by Crippen LogP contribution is -2.64. The van der Waals surface area contributed by atoms with Gasteiger partial charge in [-0.15, -0.1) is 0 Å². The topological polar surface area (TPSA) is 89.5 Å². The molecule has 0 aromatic heterocycles. The van der Waals surface area contributed by atoms with Gasteiger partial charge in [0.25, 0.3) is 0 Å². The number of ether oxygens (including phenoxy) is 6. The van der Waals surface area contributed by atoms with Crippen molar-refractivity contribution in [3.05, 3.63) is 102 Å². The van der Waals surface area contributed by atoms with Crippen LogP contribution in [-0.2, 0) is 51.5 Å². The Morgan fingerprint density at radius 2 is 1.32 bits per heavy atom. The van der Waals surface area contributed by atoms with Crippen molar-refractivity contribution < 1.29 is 36.8 Å². The second kappa shape index (κ2) is 12.5. The lowest BCUT2D eigenvalue weighted by Gasteiger charge is -2.48. The molecule has 0 bridgehead atoms. The van der Waals surface area contributed by atoms with E-state index in [1.54, 1.807) is 37.4 Å². The van der Waals surface area contributed by atoms with Crippen LogP contribution >= 0.6 is 0 Å². The first-order chi connectivity index (χ1) is 18.5. The van der Waals surface area contributed by atoms with Gasteiger partial charge in [0.05, 0.1) is 24.7 Å². The zero-order valence-corrected chi connectivity index (χ0v) is 21.9. The molecule has 1 unspecified atom stereocenters. The smallest absolute Gasteiger partial charge is 0.186 e. The quantitative estimate of drug-likeness (QED) is 0.384. The Morgan fingerprint density at radius 3 is 1.89 bits per heavy atom. The van der Waals surface area contributed by atoms with Gasteiger partial charge in [0.1, 0.15) is 30.2 Å². The van der Waals surface area contributed by atoms with Gasteiger partial charge in [-0.3, -0.25) is 0 Å². The summed E-state index contributed by atoms with van der Waals surface area (Å²) in [4.78, 5) is 0.217. The van der Waals surface area contributed by atoms with Crippen LogP contribution in [0, 0.1) is 0 Å². The van der Waals surface area contributed by atoms with Crippen molar-refractivity contribution in [2.75, 3.05) is 19.5 Å². The van der Waals surface area contributed by atoms with Crippen molar-refractivity contribution in [3.63, 3.8) is 0 Å². The third-order valence-corrected chi connectivity index (χ3v) is 8.31. The minimum Gasteiger partial charge on any atom is -0.368 e. The summed E-state index contributed by atoms with van der Waals surface area (Å²) in [5.74, 6) is -0.325. The van der Waals surface area contributed by atoms with Gasteiger partial charge in [0.15, 0.2) is 22.4 Å². The van der Waals surface area contributed by atoms with Gasteiger partial charge in [-0.2, -0.15) is 0 Å². The van der Waals surface area contributed by atoms with Crippen LogP contribution in [0.1, 0.15) is 11.1 Å². The van der Waals surface area contributed by atoms with E-state index >= 15 is 0 Å². The molecule has 3 aromatic rings. The standard InChI is InChI=1S/C29H32O8S/c1-32-29-28(35-18-22-13-7-3-8-14-22)27(34-17-21-11-5-2-6-12-21)26-24(36-29)19-33-25(37-26)20-38(30,31)23-15-9-4-10-16-23/h2-16,24-29H,17-20H2,1H3/t24-,25?,26-,27+,28-,29+/m1/s1. The van der Waals surface area contributed by atoms with E-state index in [2.05, 4.69) is 0 Å². The lowest BCUT2D eigenvalue weighted by atomic mass is 9.97. The van der Waals surface area contributed by atoms with Gasteiger partial charge in [-0.1, -0.05) is 78.9 Å². The van der Waals surface area contributed by atoms with Crippen LogP contribution in [0.25, 0.3) is 0 Å². The summed E-state index contributed by atoms with van der Waals surface area (Å²) in [6.07, 6.45) is -4.09. The summed E-state index contributed by atoms with van der Waals surface area (Å²) in [6.45, 7) is 0.767. The highest BCUT2D eigenvalue weighted by Gasteiger charge is 2.51. The zero-order chi connectivity index (χ0) is 26.4. The van der Waals surface area contributed by atoms with Gasteiger partial charge in [0, 0.05) is 7.11 Å². The molecular formula is C29H32O8S. The van der Waals surface area contributed by atoms with Crippen molar-refractivity contribution in [1.29, 1.82) is 0 Å². The second-order valence-electron chi connectivity index (χ2n) is 9.26. The van der Waals surface area contributed by atoms with E-state index in [9.17, 15) is 8.42 Å². The van der Waals surface area contributed by atoms with Crippen LogP contribution in [0.2, 0.25) is 0 Å². The SMILES string of the molecule is CO[C@H]1O[C@@H]2COC(CS(=O)(=O)c3ccccc3)O[C@H]2[C@H](OCc2ccccc2)[C@H]1OCc1ccccc1. The Labute approximate surface area is 223 Å². The first kappa shape index (κ1) is 27.0. The number of fused-ring (bicyclic) bond motifs is 1. The van der Waals surface area contributed by atoms with Gasteiger partial charge in [-0.25, -0.2) is 8.42 Å². The van der Waals surface area contributed by atoms with Crippen LogP contribution in [0.4, 0.5) is 0 Å². The number of benzene rings is 3. The van der Waals surface area contributed by atoms with Crippen LogP contribution in [0.15, 0.2) is 95.9 Å². The summed E-state index contributed by atoms with van der Waals surface area (Å²) in [5.41, 5.74) is 1.98. The predicted octanol–water partition coefficient (Wildman–Crippen LogP) is 3.74. The maximum Gasteiger partial charge on any atom is 0.186 e. The molecule has 38 heavy (non-hydrogen) atoms. The molecule has 202 valence electrons. The Bertz CT molecular complexity index is 1240. The summed E-state index contributed by atoms with van der Waals surface area (Å²) < 4.78 is 62.6. The second-order valence-corrected chi connectivity index (χ2v) is 11.3. The first-order valence-electron chi connectivity index (χ1n) is 12.6. The first-order valence-corrected chi connectivity index (χ1v) is 14.2. The van der Waals surface area contributed by atoms with Gasteiger partial charge < -0.3 is 28.4 Å². The molecule has 0 spiro atoms. The van der Waals surface area contributed by atoms with Gasteiger partial charge in [-0.05, 0) is 23.3 Å². The summed E-state index contributed by atoms with van der Waals surface area (Å²) in [5, 5.41) is 0. The Kier molecular flexibility index (Phi) is 8.86. The highest BCUT2D eigenvalue weighted by atomic mass is 32.2. The molecule has 2 saturated heterocycles. The average molecular weight is 541 g/mol. The number of rotatable bonds is 10. The maximum absolute atomic E-state index is 13.0. The third kappa shape index (κ3) is 6.50. The summed E-state index contributed by atoms with van der Waals surface area (Å²) >= 11 is 0. The fourth-order valence-corrected chi connectivity index (χ4v) is 5.97. The molecular weight excluding hydrogens is 508 g/mol. The molecule has 2 aliphatic heterocycles. The van der Waals surface area contributed by atoms with E-state index in [1.807, 2.05) is 60.7 Å². The molecule has 0 N–H and O–H groups in total. The Balaban J connectivity index is 1.36. The molecule has 6 atom stereocenters. The number of hydrogen-bond acceptors (Lipinski definition) is 8. The minimum atomic E-state index is -3.63. The molecule has 8 nitrogen and oxygen atoms in total. The monoisotopic (exact) mass is 540 g/mol. The Morgan fingerprint density at radius 1 is 0.763 bits per heavy atom. The molecule has 3 aromatic carbocycles. The van der Waals surface area contributed by atoms with Crippen LogP contribution < -0.4 is 0 Å². The molecule has 0 saturated carbocycles. The van der Waals surface area contributed by atoms with E-state index in [4.69, 9.17) is 28.4 Å². The van der Waals surface area contributed by atoms with E-state index in [-0.39, 0.29) is 17.3 Å². The molecule has 0 radical (unpaired) electrons. The van der Waals surface area contributed by atoms with Gasteiger partial charge >= 0.3 is 0 Å². The van der Waals surface area contributed by atoms with Gasteiger partial charge in [0.2, 0.25) is 0 Å². The van der Waals surface area contributed by atoms with E-state index in [1.165, 1.54) is 0 Å². The molecule has 0 aliphatic carbocycles. The lowest BCUT2D eigenvalue weighted by molar-refractivity contribution is -0.363. The minimum absolute atomic E-state index is 0.135. The Hall–Kier alpha value is -2.63. The molecule has 5 rings (SSSR count). The summed E-state index contributed by atoms with van der Waals surface area (Å²) in [7, 11) is -2.08. The molecule has 2 heterocycles. The molecule has 2 aliphatic rings. The van der Waals surface area contributed by atoms with Crippen LogP contribution in [-0.4, -0.2) is 64.9 Å². The molecule has 9 heteroatoms.